The number of benzene rings is 1. The van der Waals surface area contributed by atoms with E-state index in [4.69, 9.17) is 11.5 Å². The predicted octanol–water partition coefficient (Wildman–Crippen LogP) is 0.847. The Hall–Kier alpha value is -4.46. The number of likely N-dealkylation sites (N-methyl/N-ethyl adjacent to an activating group) is 1. The minimum Gasteiger partial charge on any atom is -0.510 e. The number of rotatable bonds is 5. The third-order valence-corrected chi connectivity index (χ3v) is 8.69. The lowest BCUT2D eigenvalue weighted by Crippen LogP contribution is -2.78. The molecule has 220 valence electrons. The van der Waals surface area contributed by atoms with Crippen LogP contribution in [0.4, 0.5) is 5.69 Å². The highest BCUT2D eigenvalue weighted by Crippen LogP contribution is 2.55. The predicted molar refractivity (Wildman–Crippen MR) is 153 cm³/mol. The summed E-state index contributed by atoms with van der Waals surface area (Å²) in [4.78, 5) is 60.3. The first kappa shape index (κ1) is 29.0. The van der Waals surface area contributed by atoms with Crippen molar-refractivity contribution in [3.05, 3.63) is 68.7 Å². The monoisotopic (exact) mass is 576 g/mol. The second-order valence-corrected chi connectivity index (χ2v) is 11.6. The first-order valence-electron chi connectivity index (χ1n) is 13.2. The maximum absolute atomic E-state index is 14.3. The van der Waals surface area contributed by atoms with E-state index in [1.165, 1.54) is 19.0 Å². The number of aromatic hydroxyl groups is 1. The SMILES string of the molecule is Cc1ccc(-c2cc(N(C)C)c3c(c2O)C(=O)C2=C(N=O)[C@]4(O)C(=O)C(C(N)=O)=C(O)[C@@H](N(C)C)[C@]4(N)C[C@@H]2C3)cn1. The molecule has 0 bridgehead atoms. The van der Waals surface area contributed by atoms with Gasteiger partial charge in [0, 0.05) is 48.4 Å². The van der Waals surface area contributed by atoms with Crippen molar-refractivity contribution in [2.75, 3.05) is 33.1 Å². The number of aromatic nitrogens is 1. The zero-order chi connectivity index (χ0) is 31.0. The van der Waals surface area contributed by atoms with Crippen LogP contribution in [0.5, 0.6) is 5.75 Å². The number of phenols is 1. The van der Waals surface area contributed by atoms with Crippen LogP contribution in [0.3, 0.4) is 0 Å². The van der Waals surface area contributed by atoms with Crippen LogP contribution in [0.1, 0.15) is 28.0 Å². The lowest BCUT2D eigenvalue weighted by molar-refractivity contribution is -0.147. The number of hydrogen-bond acceptors (Lipinski definition) is 12. The Balaban J connectivity index is 1.82. The smallest absolute Gasteiger partial charge is 0.255 e. The summed E-state index contributed by atoms with van der Waals surface area (Å²) < 4.78 is 0. The summed E-state index contributed by atoms with van der Waals surface area (Å²) in [5.74, 6) is -5.54. The third-order valence-electron chi connectivity index (χ3n) is 8.69. The molecule has 0 saturated heterocycles. The zero-order valence-electron chi connectivity index (χ0n) is 23.8. The van der Waals surface area contributed by atoms with Gasteiger partial charge in [0.25, 0.3) is 5.91 Å². The van der Waals surface area contributed by atoms with Gasteiger partial charge >= 0.3 is 0 Å². The van der Waals surface area contributed by atoms with Crippen LogP contribution in [0.15, 0.2) is 52.2 Å². The van der Waals surface area contributed by atoms with Gasteiger partial charge in [-0.1, -0.05) is 6.07 Å². The molecule has 4 atom stereocenters. The van der Waals surface area contributed by atoms with Crippen molar-refractivity contribution < 1.29 is 29.7 Å². The van der Waals surface area contributed by atoms with Gasteiger partial charge in [-0.05, 0) is 62.7 Å². The van der Waals surface area contributed by atoms with Crippen molar-refractivity contribution in [1.29, 1.82) is 0 Å². The number of amides is 1. The summed E-state index contributed by atoms with van der Waals surface area (Å²) >= 11 is 0. The van der Waals surface area contributed by atoms with Gasteiger partial charge in [-0.3, -0.25) is 24.3 Å². The molecule has 0 saturated carbocycles. The summed E-state index contributed by atoms with van der Waals surface area (Å²) in [5, 5.41) is 37.6. The minimum atomic E-state index is -2.99. The Morgan fingerprint density at radius 2 is 1.83 bits per heavy atom. The number of pyridine rings is 1. The van der Waals surface area contributed by atoms with Crippen LogP contribution in [0, 0.1) is 17.7 Å². The first-order valence-corrected chi connectivity index (χ1v) is 13.2. The molecule has 13 heteroatoms. The molecule has 0 unspecified atom stereocenters. The number of aliphatic hydroxyl groups excluding tert-OH is 1. The topological polar surface area (TPSA) is 213 Å². The first-order chi connectivity index (χ1) is 19.6. The maximum Gasteiger partial charge on any atom is 0.255 e. The van der Waals surface area contributed by atoms with Crippen molar-refractivity contribution in [2.24, 2.45) is 22.6 Å². The molecule has 0 aliphatic heterocycles. The zero-order valence-corrected chi connectivity index (χ0v) is 23.8. The van der Waals surface area contributed by atoms with Crippen LogP contribution in [-0.2, 0) is 16.0 Å². The molecule has 3 aliphatic rings. The number of allylic oxidation sites excluding steroid dienone is 1. The van der Waals surface area contributed by atoms with Crippen LogP contribution in [-0.4, -0.2) is 88.0 Å². The van der Waals surface area contributed by atoms with E-state index in [2.05, 4.69) is 10.2 Å². The van der Waals surface area contributed by atoms with Gasteiger partial charge in [-0.2, -0.15) is 0 Å². The molecule has 1 aromatic heterocycles. The standard InChI is InChI=1S/C29H32N6O7/c1-12-6-7-13(11-32-12)15-9-17(34(2)3)16-8-14-10-28(31)25(35(4)5)23(38)20(27(30)40)26(39)29(28,41)24(33-42)18(14)22(37)19(16)21(15)36/h6-7,9,11,14,25,36,38,41H,8,10,31H2,1-5H3,(H2,30,40)/t14-,25+,28+,29-/m0/s1. The average molecular weight is 577 g/mol. The van der Waals surface area contributed by atoms with E-state index in [1.54, 1.807) is 43.4 Å². The lowest BCUT2D eigenvalue weighted by Gasteiger charge is -2.56. The largest absolute Gasteiger partial charge is 0.510 e. The second kappa shape index (κ2) is 9.54. The van der Waals surface area contributed by atoms with Crippen molar-refractivity contribution in [2.45, 2.75) is 36.9 Å². The number of primary amides is 1. The van der Waals surface area contributed by atoms with E-state index >= 15 is 0 Å². The summed E-state index contributed by atoms with van der Waals surface area (Å²) in [5.41, 5.74) is 7.58. The molecule has 2 aromatic rings. The number of anilines is 1. The van der Waals surface area contributed by atoms with Gasteiger partial charge in [0.05, 0.1) is 17.1 Å². The number of fused-ring (bicyclic) bond motifs is 3. The number of carbonyl (C=O) groups excluding carboxylic acids is 3. The van der Waals surface area contributed by atoms with Gasteiger partial charge in [-0.15, -0.1) is 4.91 Å². The highest BCUT2D eigenvalue weighted by Gasteiger charge is 2.70. The van der Waals surface area contributed by atoms with Crippen LogP contribution in [0.2, 0.25) is 0 Å². The van der Waals surface area contributed by atoms with Crippen LogP contribution in [0.25, 0.3) is 11.1 Å². The number of carbonyl (C=O) groups is 3. The van der Waals surface area contributed by atoms with Gasteiger partial charge < -0.3 is 31.7 Å². The fraction of sp³-hybridized carbons (Fsp3) is 0.379. The number of nitrogens with zero attached hydrogens (tertiary/aromatic N) is 4. The van der Waals surface area contributed by atoms with Crippen LogP contribution >= 0.6 is 0 Å². The third kappa shape index (κ3) is 3.67. The Bertz CT molecular complexity index is 1640. The number of ketones is 2. The highest BCUT2D eigenvalue weighted by molar-refractivity contribution is 6.25. The molecule has 3 aliphatic carbocycles. The highest BCUT2D eigenvalue weighted by atomic mass is 16.3. The van der Waals surface area contributed by atoms with Crippen molar-refractivity contribution in [3.8, 4) is 16.9 Å². The molecule has 0 spiro atoms. The molecule has 1 aromatic carbocycles. The molecular formula is C29H32N6O7. The quantitative estimate of drug-likeness (QED) is 0.248. The van der Waals surface area contributed by atoms with Crippen molar-refractivity contribution >= 4 is 23.2 Å². The molecule has 5 rings (SSSR count). The van der Waals surface area contributed by atoms with Gasteiger partial charge in [0.15, 0.2) is 11.4 Å². The number of Topliss-reactive ketones (excluding diaryl/α,β-unsaturated/α-hetero) is 2. The van der Waals surface area contributed by atoms with E-state index in [9.17, 15) is 34.6 Å². The number of phenolic OH excluding ortho intramolecular Hbond substituents is 1. The summed E-state index contributed by atoms with van der Waals surface area (Å²) in [7, 11) is 6.56. The fourth-order valence-electron chi connectivity index (χ4n) is 6.87. The molecule has 0 radical (unpaired) electrons. The number of nitroso groups, excluding NO2 is 1. The van der Waals surface area contributed by atoms with Crippen molar-refractivity contribution in [3.63, 3.8) is 0 Å². The summed E-state index contributed by atoms with van der Waals surface area (Å²) in [6.45, 7) is 1.81. The molecule has 42 heavy (non-hydrogen) atoms. The normalized spacial score (nSPS) is 27.0. The van der Waals surface area contributed by atoms with Crippen LogP contribution < -0.4 is 16.4 Å². The van der Waals surface area contributed by atoms with E-state index in [0.717, 1.165) is 5.69 Å². The van der Waals surface area contributed by atoms with E-state index in [1.807, 2.05) is 6.92 Å². The van der Waals surface area contributed by atoms with Crippen molar-refractivity contribution in [1.82, 2.24) is 9.88 Å². The molecule has 1 amide bonds. The lowest BCUT2D eigenvalue weighted by atomic mass is 9.54. The molecule has 1 heterocycles. The van der Waals surface area contributed by atoms with Gasteiger partial charge in [0.2, 0.25) is 5.78 Å². The van der Waals surface area contributed by atoms with E-state index in [-0.39, 0.29) is 29.7 Å². The molecule has 7 N–H and O–H groups in total. The minimum absolute atomic E-state index is 0.0828. The molecule has 13 nitrogen and oxygen atoms in total. The summed E-state index contributed by atoms with van der Waals surface area (Å²) in [6, 6.07) is 3.88. The summed E-state index contributed by atoms with van der Waals surface area (Å²) in [6.07, 6.45) is 1.38. The van der Waals surface area contributed by atoms with Gasteiger partial charge in [0.1, 0.15) is 22.8 Å². The Morgan fingerprint density at radius 1 is 1.17 bits per heavy atom. The fourth-order valence-corrected chi connectivity index (χ4v) is 6.87. The number of aryl methyl sites for hydroxylation is 1. The number of nitrogens with two attached hydrogens (primary N) is 2. The maximum atomic E-state index is 14.3. The molecular weight excluding hydrogens is 544 g/mol. The Kier molecular flexibility index (Phi) is 6.60. The second-order valence-electron chi connectivity index (χ2n) is 11.6. The number of aliphatic hydroxyl groups is 2. The van der Waals surface area contributed by atoms with E-state index in [0.29, 0.717) is 22.4 Å². The average Bonchev–Trinajstić information content (AvgIpc) is 2.89. The Morgan fingerprint density at radius 3 is 2.36 bits per heavy atom. The number of hydrogen-bond donors (Lipinski definition) is 5. The van der Waals surface area contributed by atoms with E-state index < -0.39 is 57.6 Å². The van der Waals surface area contributed by atoms with Gasteiger partial charge in [-0.25, -0.2) is 0 Å². The molecule has 0 fully saturated rings. The Labute approximate surface area is 241 Å².